The van der Waals surface area contributed by atoms with Crippen LogP contribution in [-0.2, 0) is 4.79 Å². The summed E-state index contributed by atoms with van der Waals surface area (Å²) in [5.74, 6) is 1.03. The molecule has 0 bridgehead atoms. The molecule has 0 heterocycles. The molecule has 0 saturated carbocycles. The molecule has 0 saturated heterocycles. The Kier molecular flexibility index (Phi) is 6.18. The number of nitrogens with one attached hydrogen (secondary N) is 2. The minimum atomic E-state index is -0.265. The van der Waals surface area contributed by atoms with Crippen molar-refractivity contribution in [2.24, 2.45) is 0 Å². The van der Waals surface area contributed by atoms with Crippen LogP contribution < -0.4 is 20.1 Å². The van der Waals surface area contributed by atoms with Crippen LogP contribution >= 0.6 is 11.6 Å². The van der Waals surface area contributed by atoms with Crippen molar-refractivity contribution < 1.29 is 14.3 Å². The maximum absolute atomic E-state index is 12.3. The van der Waals surface area contributed by atoms with Gasteiger partial charge in [0.15, 0.2) is 6.61 Å². The van der Waals surface area contributed by atoms with Gasteiger partial charge in [-0.05, 0) is 48.5 Å². The van der Waals surface area contributed by atoms with Crippen molar-refractivity contribution in [3.8, 4) is 11.5 Å². The van der Waals surface area contributed by atoms with Crippen molar-refractivity contribution >= 4 is 34.6 Å². The van der Waals surface area contributed by atoms with Crippen LogP contribution in [0.5, 0.6) is 11.5 Å². The highest BCUT2D eigenvalue weighted by Crippen LogP contribution is 2.30. The third-order valence-corrected chi connectivity index (χ3v) is 4.01. The van der Waals surface area contributed by atoms with Crippen LogP contribution in [0.4, 0.5) is 17.1 Å². The molecule has 0 fully saturated rings. The van der Waals surface area contributed by atoms with Gasteiger partial charge in [0.25, 0.3) is 5.91 Å². The topological polar surface area (TPSA) is 59.6 Å². The second-order valence-electron chi connectivity index (χ2n) is 5.66. The number of amides is 1. The molecule has 0 unspecified atom stereocenters. The molecule has 0 aliphatic heterocycles. The normalized spacial score (nSPS) is 10.1. The molecule has 0 radical (unpaired) electrons. The molecule has 3 rings (SSSR count). The first-order valence-electron chi connectivity index (χ1n) is 8.33. The first kappa shape index (κ1) is 18.6. The summed E-state index contributed by atoms with van der Waals surface area (Å²) in [7, 11) is 1.61. The van der Waals surface area contributed by atoms with Gasteiger partial charge in [0.1, 0.15) is 11.5 Å². The molecule has 0 aromatic heterocycles. The molecule has 0 aliphatic carbocycles. The number of benzene rings is 3. The summed E-state index contributed by atoms with van der Waals surface area (Å²) >= 11 is 5.84. The lowest BCUT2D eigenvalue weighted by Crippen LogP contribution is -2.20. The second-order valence-corrected chi connectivity index (χ2v) is 6.10. The van der Waals surface area contributed by atoms with Crippen molar-refractivity contribution in [2.75, 3.05) is 24.4 Å². The van der Waals surface area contributed by atoms with Crippen LogP contribution in [0.2, 0.25) is 5.02 Å². The van der Waals surface area contributed by atoms with E-state index < -0.39 is 0 Å². The number of anilines is 3. The van der Waals surface area contributed by atoms with E-state index in [0.717, 1.165) is 11.4 Å². The Morgan fingerprint density at radius 3 is 2.22 bits per heavy atom. The number of ether oxygens (including phenoxy) is 2. The summed E-state index contributed by atoms with van der Waals surface area (Å²) in [6.07, 6.45) is 0. The zero-order valence-electron chi connectivity index (χ0n) is 14.7. The zero-order valence-corrected chi connectivity index (χ0v) is 15.5. The molecule has 3 aromatic carbocycles. The van der Waals surface area contributed by atoms with Gasteiger partial charge in [-0.1, -0.05) is 35.9 Å². The lowest BCUT2D eigenvalue weighted by Gasteiger charge is -2.15. The van der Waals surface area contributed by atoms with E-state index in [2.05, 4.69) is 10.6 Å². The maximum Gasteiger partial charge on any atom is 0.262 e. The van der Waals surface area contributed by atoms with Gasteiger partial charge < -0.3 is 20.1 Å². The fourth-order valence-electron chi connectivity index (χ4n) is 2.46. The summed E-state index contributed by atoms with van der Waals surface area (Å²) in [5.41, 5.74) is 2.20. The van der Waals surface area contributed by atoms with Crippen molar-refractivity contribution in [1.82, 2.24) is 0 Å². The highest BCUT2D eigenvalue weighted by atomic mass is 35.5. The first-order valence-corrected chi connectivity index (χ1v) is 8.71. The van der Waals surface area contributed by atoms with E-state index in [1.165, 1.54) is 0 Å². The fraction of sp³-hybridized carbons (Fsp3) is 0.0952. The zero-order chi connectivity index (χ0) is 19.1. The van der Waals surface area contributed by atoms with E-state index in [1.807, 2.05) is 48.5 Å². The molecular formula is C21H19ClN2O3. The smallest absolute Gasteiger partial charge is 0.262 e. The molecular weight excluding hydrogens is 364 g/mol. The van der Waals surface area contributed by atoms with E-state index in [0.29, 0.717) is 22.2 Å². The molecule has 27 heavy (non-hydrogen) atoms. The van der Waals surface area contributed by atoms with Crippen LogP contribution in [0, 0.1) is 0 Å². The molecule has 2 N–H and O–H groups in total. The highest BCUT2D eigenvalue weighted by molar-refractivity contribution is 6.30. The Labute approximate surface area is 162 Å². The molecule has 0 atom stereocenters. The Morgan fingerprint density at radius 1 is 0.889 bits per heavy atom. The van der Waals surface area contributed by atoms with Gasteiger partial charge in [0.05, 0.1) is 24.2 Å². The van der Waals surface area contributed by atoms with Gasteiger partial charge in [-0.15, -0.1) is 0 Å². The van der Waals surface area contributed by atoms with Crippen LogP contribution in [0.25, 0.3) is 0 Å². The lowest BCUT2D eigenvalue weighted by atomic mass is 10.2. The third kappa shape index (κ3) is 5.15. The largest absolute Gasteiger partial charge is 0.495 e. The number of methoxy groups -OCH3 is 1. The van der Waals surface area contributed by atoms with Crippen molar-refractivity contribution in [3.05, 3.63) is 77.8 Å². The SMILES string of the molecule is COc1ccccc1Nc1ccccc1NC(=O)COc1ccc(Cl)cc1. The van der Waals surface area contributed by atoms with E-state index in [4.69, 9.17) is 21.1 Å². The van der Waals surface area contributed by atoms with Gasteiger partial charge >= 0.3 is 0 Å². The van der Waals surface area contributed by atoms with Crippen molar-refractivity contribution in [3.63, 3.8) is 0 Å². The molecule has 6 heteroatoms. The Balaban J connectivity index is 1.66. The summed E-state index contributed by atoms with van der Waals surface area (Å²) in [6, 6.07) is 21.9. The van der Waals surface area contributed by atoms with E-state index in [1.54, 1.807) is 31.4 Å². The summed E-state index contributed by atoms with van der Waals surface area (Å²) in [6.45, 7) is -0.107. The van der Waals surface area contributed by atoms with Gasteiger partial charge in [0.2, 0.25) is 0 Å². The number of rotatable bonds is 7. The maximum atomic E-state index is 12.3. The lowest BCUT2D eigenvalue weighted by molar-refractivity contribution is -0.118. The molecule has 0 aliphatic rings. The predicted octanol–water partition coefficient (Wildman–Crippen LogP) is 5.11. The van der Waals surface area contributed by atoms with Crippen molar-refractivity contribution in [2.45, 2.75) is 0 Å². The molecule has 3 aromatic rings. The molecule has 1 amide bonds. The van der Waals surface area contributed by atoms with Gasteiger partial charge in [-0.25, -0.2) is 0 Å². The van der Waals surface area contributed by atoms with Gasteiger partial charge in [-0.3, -0.25) is 4.79 Å². The van der Waals surface area contributed by atoms with E-state index in [-0.39, 0.29) is 12.5 Å². The minimum Gasteiger partial charge on any atom is -0.495 e. The van der Waals surface area contributed by atoms with Gasteiger partial charge in [0, 0.05) is 5.02 Å². The number of halogens is 1. The minimum absolute atomic E-state index is 0.107. The summed E-state index contributed by atoms with van der Waals surface area (Å²) in [5, 5.41) is 6.75. The number of hydrogen-bond acceptors (Lipinski definition) is 4. The Hall–Kier alpha value is -3.18. The molecule has 0 spiro atoms. The van der Waals surface area contributed by atoms with Crippen molar-refractivity contribution in [1.29, 1.82) is 0 Å². The molecule has 138 valence electrons. The molecule has 5 nitrogen and oxygen atoms in total. The highest BCUT2D eigenvalue weighted by Gasteiger charge is 2.09. The number of carbonyl (C=O) groups excluding carboxylic acids is 1. The Bertz CT molecular complexity index is 913. The van der Waals surface area contributed by atoms with Gasteiger partial charge in [-0.2, -0.15) is 0 Å². The monoisotopic (exact) mass is 382 g/mol. The van der Waals surface area contributed by atoms with Crippen LogP contribution in [0.15, 0.2) is 72.8 Å². The first-order chi connectivity index (χ1) is 13.2. The average molecular weight is 383 g/mol. The van der Waals surface area contributed by atoms with E-state index in [9.17, 15) is 4.79 Å². The fourth-order valence-corrected chi connectivity index (χ4v) is 2.59. The second kappa shape index (κ2) is 8.96. The van der Waals surface area contributed by atoms with E-state index >= 15 is 0 Å². The van der Waals surface area contributed by atoms with Crippen LogP contribution in [0.3, 0.4) is 0 Å². The summed E-state index contributed by atoms with van der Waals surface area (Å²) < 4.78 is 10.8. The average Bonchev–Trinajstić information content (AvgIpc) is 2.69. The Morgan fingerprint density at radius 2 is 1.52 bits per heavy atom. The number of carbonyl (C=O) groups is 1. The standard InChI is InChI=1S/C21H19ClN2O3/c1-26-20-9-5-4-8-19(20)23-17-6-2-3-7-18(17)24-21(25)14-27-16-12-10-15(22)11-13-16/h2-13,23H,14H2,1H3,(H,24,25). The predicted molar refractivity (Wildman–Crippen MR) is 108 cm³/mol. The number of para-hydroxylation sites is 4. The van der Waals surface area contributed by atoms with Crippen LogP contribution in [0.1, 0.15) is 0 Å². The third-order valence-electron chi connectivity index (χ3n) is 3.76. The summed E-state index contributed by atoms with van der Waals surface area (Å²) in [4.78, 5) is 12.3. The van der Waals surface area contributed by atoms with Crippen LogP contribution in [-0.4, -0.2) is 19.6 Å². The quantitative estimate of drug-likeness (QED) is 0.596. The number of hydrogen-bond donors (Lipinski definition) is 2.